The third kappa shape index (κ3) is 6.17. The van der Waals surface area contributed by atoms with Crippen LogP contribution in [-0.4, -0.2) is 67.5 Å². The van der Waals surface area contributed by atoms with Crippen molar-refractivity contribution >= 4 is 54.8 Å². The summed E-state index contributed by atoms with van der Waals surface area (Å²) >= 11 is 7.21. The summed E-state index contributed by atoms with van der Waals surface area (Å²) in [6, 6.07) is 24.8. The van der Waals surface area contributed by atoms with Gasteiger partial charge in [0.25, 0.3) is 10.0 Å². The Bertz CT molecular complexity index is 1600. The molecule has 202 valence electrons. The van der Waals surface area contributed by atoms with Gasteiger partial charge in [-0.25, -0.2) is 8.42 Å². The van der Waals surface area contributed by atoms with Gasteiger partial charge in [0.1, 0.15) is 10.0 Å². The number of fused-ring (bicyclic) bond motifs is 1. The Labute approximate surface area is 237 Å². The van der Waals surface area contributed by atoms with Crippen molar-refractivity contribution in [3.63, 3.8) is 0 Å². The van der Waals surface area contributed by atoms with Gasteiger partial charge in [0.05, 0.1) is 6.54 Å². The van der Waals surface area contributed by atoms with Crippen LogP contribution >= 0.6 is 22.9 Å². The summed E-state index contributed by atoms with van der Waals surface area (Å²) in [7, 11) is -1.86. The van der Waals surface area contributed by atoms with E-state index in [9.17, 15) is 13.2 Å². The van der Waals surface area contributed by atoms with Gasteiger partial charge in [-0.1, -0.05) is 72.3 Å². The smallest absolute Gasteiger partial charge is 0.253 e. The summed E-state index contributed by atoms with van der Waals surface area (Å²) in [5, 5.41) is 9.91. The molecular weight excluding hydrogens is 552 g/mol. The Morgan fingerprint density at radius 2 is 1.74 bits per heavy atom. The second-order valence-corrected chi connectivity index (χ2v) is 13.3. The maximum atomic E-state index is 13.2. The summed E-state index contributed by atoms with van der Waals surface area (Å²) in [4.78, 5) is 16.5. The predicted octanol–water partition coefficient (Wildman–Crippen LogP) is 5.09. The number of piperazine rings is 1. The first kappa shape index (κ1) is 27.3. The predicted molar refractivity (Wildman–Crippen MR) is 157 cm³/mol. The highest BCUT2D eigenvalue weighted by molar-refractivity contribution is 7.91. The van der Waals surface area contributed by atoms with Crippen molar-refractivity contribution < 1.29 is 13.2 Å². The van der Waals surface area contributed by atoms with Crippen LogP contribution in [0.15, 0.2) is 83.1 Å². The van der Waals surface area contributed by atoms with Crippen molar-refractivity contribution in [1.82, 2.24) is 14.1 Å². The Morgan fingerprint density at radius 1 is 1.00 bits per heavy atom. The van der Waals surface area contributed by atoms with Gasteiger partial charge < -0.3 is 9.80 Å². The van der Waals surface area contributed by atoms with Crippen LogP contribution < -0.4 is 0 Å². The molecule has 1 aliphatic heterocycles. The quantitative estimate of drug-likeness (QED) is 0.232. The molecule has 5 rings (SSSR count). The molecule has 0 radical (unpaired) electrons. The van der Waals surface area contributed by atoms with Crippen molar-refractivity contribution in [3.8, 4) is 0 Å². The number of carbonyl (C=O) groups excluding carboxylic acids is 1. The Balaban J connectivity index is 1.17. The van der Waals surface area contributed by atoms with E-state index >= 15 is 0 Å². The van der Waals surface area contributed by atoms with Gasteiger partial charge in [-0.3, -0.25) is 10.2 Å². The number of amides is 1. The lowest BCUT2D eigenvalue weighted by Gasteiger charge is -2.33. The van der Waals surface area contributed by atoms with Gasteiger partial charge in [0, 0.05) is 48.5 Å². The Kier molecular flexibility index (Phi) is 8.04. The molecule has 3 aromatic carbocycles. The average molecular weight is 581 g/mol. The van der Waals surface area contributed by atoms with Gasteiger partial charge in [0.15, 0.2) is 0 Å². The van der Waals surface area contributed by atoms with Crippen LogP contribution in [0, 0.1) is 5.41 Å². The summed E-state index contributed by atoms with van der Waals surface area (Å²) < 4.78 is 28.8. The number of thiophene rings is 1. The monoisotopic (exact) mass is 580 g/mol. The molecule has 0 unspecified atom stereocenters. The minimum Gasteiger partial charge on any atom is -0.359 e. The SMILES string of the molecule is CN(CCc1ccccc1)C(=N)c1ccc(CN2CCN(S(=O)(=O)c3cc4ccc(Cl)cc4s3)CC2=O)cc1. The van der Waals surface area contributed by atoms with Crippen LogP contribution in [0.25, 0.3) is 10.1 Å². The molecule has 0 spiro atoms. The molecule has 1 aliphatic rings. The zero-order chi connectivity index (χ0) is 27.6. The van der Waals surface area contributed by atoms with Crippen LogP contribution in [0.4, 0.5) is 0 Å². The molecule has 2 heterocycles. The molecule has 0 aliphatic carbocycles. The van der Waals surface area contributed by atoms with Gasteiger partial charge >= 0.3 is 0 Å². The number of rotatable bonds is 8. The van der Waals surface area contributed by atoms with Crippen molar-refractivity contribution in [2.24, 2.45) is 0 Å². The van der Waals surface area contributed by atoms with E-state index in [0.717, 1.165) is 45.5 Å². The third-order valence-corrected chi connectivity index (χ3v) is 10.5. The topological polar surface area (TPSA) is 84.8 Å². The lowest BCUT2D eigenvalue weighted by molar-refractivity contribution is -0.134. The van der Waals surface area contributed by atoms with Crippen molar-refractivity contribution in [2.45, 2.75) is 17.2 Å². The minimum atomic E-state index is -3.78. The molecule has 10 heteroatoms. The van der Waals surface area contributed by atoms with E-state index in [1.807, 2.05) is 54.4 Å². The lowest BCUT2D eigenvalue weighted by Crippen LogP contribution is -2.51. The van der Waals surface area contributed by atoms with E-state index < -0.39 is 10.0 Å². The number of nitrogens with one attached hydrogen (secondary N) is 1. The van der Waals surface area contributed by atoms with Crippen LogP contribution in [0.3, 0.4) is 0 Å². The third-order valence-electron chi connectivity index (χ3n) is 6.90. The molecule has 1 fully saturated rings. The molecule has 7 nitrogen and oxygen atoms in total. The first-order valence-electron chi connectivity index (χ1n) is 12.6. The maximum absolute atomic E-state index is 13.2. The number of benzene rings is 3. The molecule has 1 N–H and O–H groups in total. The Morgan fingerprint density at radius 3 is 2.46 bits per heavy atom. The second-order valence-electron chi connectivity index (χ2n) is 9.60. The minimum absolute atomic E-state index is 0.188. The van der Waals surface area contributed by atoms with E-state index in [1.54, 1.807) is 29.2 Å². The number of likely N-dealkylation sites (N-methyl/N-ethyl adjacent to an activating group) is 1. The van der Waals surface area contributed by atoms with Gasteiger partial charge in [0.2, 0.25) is 5.91 Å². The second kappa shape index (κ2) is 11.5. The molecular formula is C29H29ClN4O3S2. The number of nitrogens with zero attached hydrogens (tertiary/aromatic N) is 3. The fourth-order valence-electron chi connectivity index (χ4n) is 4.56. The van der Waals surface area contributed by atoms with Gasteiger partial charge in [-0.05, 0) is 41.1 Å². The number of amidine groups is 1. The van der Waals surface area contributed by atoms with Crippen molar-refractivity contribution in [1.29, 1.82) is 5.41 Å². The summed E-state index contributed by atoms with van der Waals surface area (Å²) in [5.74, 6) is 0.210. The Hall–Kier alpha value is -3.24. The summed E-state index contributed by atoms with van der Waals surface area (Å²) in [6.45, 7) is 1.49. The van der Waals surface area contributed by atoms with Crippen LogP contribution in [0.1, 0.15) is 16.7 Å². The molecule has 1 aromatic heterocycles. The number of sulfonamides is 1. The van der Waals surface area contributed by atoms with Crippen LogP contribution in [-0.2, 0) is 27.8 Å². The lowest BCUT2D eigenvalue weighted by atomic mass is 10.1. The van der Waals surface area contributed by atoms with Gasteiger partial charge in [-0.2, -0.15) is 4.31 Å². The highest BCUT2D eigenvalue weighted by Crippen LogP contribution is 2.33. The molecule has 39 heavy (non-hydrogen) atoms. The molecule has 1 saturated heterocycles. The van der Waals surface area contributed by atoms with E-state index in [2.05, 4.69) is 12.1 Å². The summed E-state index contributed by atoms with van der Waals surface area (Å²) in [5.41, 5.74) is 2.98. The molecule has 1 amide bonds. The number of hydrogen-bond acceptors (Lipinski definition) is 5. The molecule has 0 bridgehead atoms. The number of carbonyl (C=O) groups is 1. The first-order chi connectivity index (χ1) is 18.7. The van der Waals surface area contributed by atoms with Crippen LogP contribution in [0.2, 0.25) is 5.02 Å². The zero-order valence-corrected chi connectivity index (χ0v) is 23.9. The van der Waals surface area contributed by atoms with E-state index in [4.69, 9.17) is 17.0 Å². The fourth-order valence-corrected chi connectivity index (χ4v) is 7.77. The average Bonchev–Trinajstić information content (AvgIpc) is 3.37. The molecule has 0 saturated carbocycles. The number of halogens is 1. The first-order valence-corrected chi connectivity index (χ1v) is 15.2. The van der Waals surface area contributed by atoms with Gasteiger partial charge in [-0.15, -0.1) is 11.3 Å². The van der Waals surface area contributed by atoms with Crippen LogP contribution in [0.5, 0.6) is 0 Å². The van der Waals surface area contributed by atoms with E-state index in [1.165, 1.54) is 9.87 Å². The molecule has 0 atom stereocenters. The standard InChI is InChI=1S/C29H29ClN4O3S2/c1-32(14-13-21-5-3-2-4-6-21)29(31)23-9-7-22(8-10-23)19-33-15-16-34(20-27(33)35)39(36,37)28-17-24-11-12-25(30)18-26(24)38-28/h2-12,17-18,31H,13-16,19-20H2,1H3. The zero-order valence-electron chi connectivity index (χ0n) is 21.5. The highest BCUT2D eigenvalue weighted by atomic mass is 35.5. The molecule has 4 aromatic rings. The number of hydrogen-bond donors (Lipinski definition) is 1. The summed E-state index contributed by atoms with van der Waals surface area (Å²) in [6.07, 6.45) is 0.860. The van der Waals surface area contributed by atoms with Crippen molar-refractivity contribution in [3.05, 3.63) is 101 Å². The maximum Gasteiger partial charge on any atom is 0.253 e. The largest absolute Gasteiger partial charge is 0.359 e. The van der Waals surface area contributed by atoms with E-state index in [0.29, 0.717) is 23.9 Å². The fraction of sp³-hybridized carbons (Fsp3) is 0.241. The normalized spacial score (nSPS) is 14.6. The highest BCUT2D eigenvalue weighted by Gasteiger charge is 2.34. The van der Waals surface area contributed by atoms with E-state index in [-0.39, 0.29) is 23.2 Å². The van der Waals surface area contributed by atoms with Crippen molar-refractivity contribution in [2.75, 3.05) is 33.2 Å².